The summed E-state index contributed by atoms with van der Waals surface area (Å²) in [4.78, 5) is 10.4. The Hall–Kier alpha value is -2.82. The Morgan fingerprint density at radius 2 is 1.75 bits per heavy atom. The van der Waals surface area contributed by atoms with Gasteiger partial charge in [0.25, 0.3) is 5.69 Å². The van der Waals surface area contributed by atoms with Gasteiger partial charge in [-0.2, -0.15) is 10.2 Å². The summed E-state index contributed by atoms with van der Waals surface area (Å²) in [6.45, 7) is 1.84. The van der Waals surface area contributed by atoms with Crippen molar-refractivity contribution in [3.63, 3.8) is 0 Å². The Morgan fingerprint density at radius 3 is 2.45 bits per heavy atom. The third-order valence-corrected chi connectivity index (χ3v) is 2.73. The van der Waals surface area contributed by atoms with Gasteiger partial charge < -0.3 is 0 Å². The summed E-state index contributed by atoms with van der Waals surface area (Å²) in [6.07, 6.45) is 1.39. The monoisotopic (exact) mass is 267 g/mol. The number of para-hydroxylation sites is 1. The molecule has 2 aromatic rings. The van der Waals surface area contributed by atoms with Crippen molar-refractivity contribution in [2.75, 3.05) is 0 Å². The van der Waals surface area contributed by atoms with Crippen LogP contribution in [0.5, 0.6) is 0 Å². The van der Waals surface area contributed by atoms with Crippen molar-refractivity contribution in [3.05, 3.63) is 75.8 Å². The van der Waals surface area contributed by atoms with E-state index in [2.05, 4.69) is 10.2 Å². The molecular weight excluding hydrogens is 254 g/mol. The summed E-state index contributed by atoms with van der Waals surface area (Å²) < 4.78 is 0. The molecule has 0 aliphatic rings. The van der Waals surface area contributed by atoms with Gasteiger partial charge in [0.2, 0.25) is 0 Å². The van der Waals surface area contributed by atoms with Crippen LogP contribution in [0.3, 0.4) is 0 Å². The fourth-order valence-electron chi connectivity index (χ4n) is 1.68. The molecule has 0 spiro atoms. The van der Waals surface area contributed by atoms with Crippen LogP contribution in [0.2, 0.25) is 0 Å². The second kappa shape index (κ2) is 6.38. The first-order valence-corrected chi connectivity index (χ1v) is 6.05. The Kier molecular flexibility index (Phi) is 4.34. The molecule has 100 valence electrons. The topological polar surface area (TPSA) is 67.9 Å². The van der Waals surface area contributed by atoms with E-state index in [1.165, 1.54) is 12.3 Å². The maximum atomic E-state index is 10.8. The Morgan fingerprint density at radius 1 is 1.10 bits per heavy atom. The highest BCUT2D eigenvalue weighted by molar-refractivity contribution is 5.99. The minimum absolute atomic E-state index is 0.0174. The molecule has 0 radical (unpaired) electrons. The first-order valence-electron chi connectivity index (χ1n) is 6.05. The zero-order valence-corrected chi connectivity index (χ0v) is 10.9. The van der Waals surface area contributed by atoms with E-state index >= 15 is 0 Å². The van der Waals surface area contributed by atoms with Gasteiger partial charge in [0, 0.05) is 6.07 Å². The third-order valence-electron chi connectivity index (χ3n) is 2.73. The van der Waals surface area contributed by atoms with Crippen molar-refractivity contribution < 1.29 is 4.92 Å². The standard InChI is InChI=1S/C15H13N3O2/c1-12(13-7-3-2-4-8-13)17-16-11-14-9-5-6-10-15(14)18(19)20/h2-11H,1H3/b16-11+,17-12-. The van der Waals surface area contributed by atoms with Crippen molar-refractivity contribution in [1.82, 2.24) is 0 Å². The van der Waals surface area contributed by atoms with Crippen molar-refractivity contribution in [2.45, 2.75) is 6.92 Å². The molecule has 20 heavy (non-hydrogen) atoms. The summed E-state index contributed by atoms with van der Waals surface area (Å²) in [5.41, 5.74) is 2.17. The van der Waals surface area contributed by atoms with Gasteiger partial charge in [-0.05, 0) is 18.6 Å². The molecule has 0 unspecified atom stereocenters. The fourth-order valence-corrected chi connectivity index (χ4v) is 1.68. The van der Waals surface area contributed by atoms with Gasteiger partial charge in [0.15, 0.2) is 0 Å². The van der Waals surface area contributed by atoms with Crippen LogP contribution in [-0.2, 0) is 0 Å². The maximum Gasteiger partial charge on any atom is 0.278 e. The lowest BCUT2D eigenvalue weighted by atomic mass is 10.1. The summed E-state index contributed by atoms with van der Waals surface area (Å²) >= 11 is 0. The fraction of sp³-hybridized carbons (Fsp3) is 0.0667. The van der Waals surface area contributed by atoms with Crippen LogP contribution in [0.1, 0.15) is 18.1 Å². The van der Waals surface area contributed by atoms with Crippen LogP contribution in [0, 0.1) is 10.1 Å². The normalized spacial score (nSPS) is 11.8. The van der Waals surface area contributed by atoms with Gasteiger partial charge in [-0.15, -0.1) is 0 Å². The van der Waals surface area contributed by atoms with E-state index in [9.17, 15) is 10.1 Å². The van der Waals surface area contributed by atoms with Crippen molar-refractivity contribution in [3.8, 4) is 0 Å². The van der Waals surface area contributed by atoms with Crippen molar-refractivity contribution in [1.29, 1.82) is 0 Å². The second-order valence-electron chi connectivity index (χ2n) is 4.11. The van der Waals surface area contributed by atoms with Crippen molar-refractivity contribution in [2.24, 2.45) is 10.2 Å². The molecule has 0 fully saturated rings. The molecule has 0 N–H and O–H groups in total. The van der Waals surface area contributed by atoms with E-state index in [0.29, 0.717) is 5.56 Å². The van der Waals surface area contributed by atoms with Crippen LogP contribution in [0.15, 0.2) is 64.8 Å². The van der Waals surface area contributed by atoms with E-state index < -0.39 is 4.92 Å². The van der Waals surface area contributed by atoms with Crippen molar-refractivity contribution >= 4 is 17.6 Å². The van der Waals surface area contributed by atoms with Crippen LogP contribution < -0.4 is 0 Å². The minimum atomic E-state index is -0.435. The van der Waals surface area contributed by atoms with E-state index in [0.717, 1.165) is 11.3 Å². The lowest BCUT2D eigenvalue weighted by Gasteiger charge is -1.97. The number of benzene rings is 2. The largest absolute Gasteiger partial charge is 0.278 e. The molecule has 2 aromatic carbocycles. The molecule has 0 aliphatic carbocycles. The first-order chi connectivity index (χ1) is 9.68. The van der Waals surface area contributed by atoms with E-state index in [-0.39, 0.29) is 5.69 Å². The lowest BCUT2D eigenvalue weighted by molar-refractivity contribution is -0.385. The minimum Gasteiger partial charge on any atom is -0.258 e. The molecule has 0 heterocycles. The molecule has 0 saturated heterocycles. The highest BCUT2D eigenvalue weighted by Crippen LogP contribution is 2.15. The van der Waals surface area contributed by atoms with Gasteiger partial charge in [-0.25, -0.2) is 0 Å². The molecule has 0 saturated carbocycles. The molecular formula is C15H13N3O2. The number of nitro benzene ring substituents is 1. The SMILES string of the molecule is C/C(=N/N=C/c1ccccc1[N+](=O)[O-])c1ccccc1. The number of hydrogen-bond acceptors (Lipinski definition) is 4. The van der Waals surface area contributed by atoms with E-state index in [1.807, 2.05) is 37.3 Å². The molecule has 5 heteroatoms. The van der Waals surface area contributed by atoms with Gasteiger partial charge in [-0.1, -0.05) is 42.5 Å². The first kappa shape index (κ1) is 13.6. The highest BCUT2D eigenvalue weighted by atomic mass is 16.6. The summed E-state index contributed by atoms with van der Waals surface area (Å²) in [7, 11) is 0. The maximum absolute atomic E-state index is 10.8. The van der Waals surface area contributed by atoms with Gasteiger partial charge >= 0.3 is 0 Å². The highest BCUT2D eigenvalue weighted by Gasteiger charge is 2.09. The predicted molar refractivity (Wildman–Crippen MR) is 79.3 cm³/mol. The van der Waals surface area contributed by atoms with Crippen LogP contribution >= 0.6 is 0 Å². The summed E-state index contributed by atoms with van der Waals surface area (Å²) in [5.74, 6) is 0. The zero-order valence-electron chi connectivity index (χ0n) is 10.9. The second-order valence-corrected chi connectivity index (χ2v) is 4.11. The third kappa shape index (κ3) is 3.35. The quantitative estimate of drug-likeness (QED) is 0.483. The van der Waals surface area contributed by atoms with Crippen LogP contribution in [-0.4, -0.2) is 16.8 Å². The number of nitrogens with zero attached hydrogens (tertiary/aromatic N) is 3. The average Bonchev–Trinajstić information content (AvgIpc) is 2.48. The zero-order chi connectivity index (χ0) is 14.4. The van der Waals surface area contributed by atoms with E-state index in [1.54, 1.807) is 18.2 Å². The summed E-state index contributed by atoms with van der Waals surface area (Å²) in [5, 5.41) is 18.8. The predicted octanol–water partition coefficient (Wildman–Crippen LogP) is 3.44. The Bertz CT molecular complexity index is 664. The molecule has 0 bridgehead atoms. The molecule has 0 aliphatic heterocycles. The number of hydrogen-bond donors (Lipinski definition) is 0. The number of rotatable bonds is 4. The molecule has 2 rings (SSSR count). The Labute approximate surface area is 116 Å². The van der Waals surface area contributed by atoms with Crippen LogP contribution in [0.4, 0.5) is 5.69 Å². The molecule has 0 aromatic heterocycles. The molecule has 0 amide bonds. The summed E-state index contributed by atoms with van der Waals surface area (Å²) in [6, 6.07) is 16.0. The average molecular weight is 267 g/mol. The van der Waals surface area contributed by atoms with E-state index in [4.69, 9.17) is 0 Å². The lowest BCUT2D eigenvalue weighted by Crippen LogP contribution is -1.95. The van der Waals surface area contributed by atoms with Crippen LogP contribution in [0.25, 0.3) is 0 Å². The molecule has 0 atom stereocenters. The number of nitro groups is 1. The Balaban J connectivity index is 2.21. The van der Waals surface area contributed by atoms with Gasteiger partial charge in [0.1, 0.15) is 0 Å². The molecule has 5 nitrogen and oxygen atoms in total. The smallest absolute Gasteiger partial charge is 0.258 e. The van der Waals surface area contributed by atoms with Gasteiger partial charge in [0.05, 0.1) is 22.4 Å². The van der Waals surface area contributed by atoms with Gasteiger partial charge in [-0.3, -0.25) is 10.1 Å².